The van der Waals surface area contributed by atoms with Crippen LogP contribution in [0.5, 0.6) is 0 Å². The Hall–Kier alpha value is -0.240. The smallest absolute Gasteiger partial charge is 0.104 e. The van der Waals surface area contributed by atoms with Crippen LogP contribution < -0.4 is 0 Å². The molecule has 1 saturated carbocycles. The van der Waals surface area contributed by atoms with Gasteiger partial charge in [0.15, 0.2) is 0 Å². The average molecular weight is 229 g/mol. The third-order valence-electron chi connectivity index (χ3n) is 2.97. The lowest BCUT2D eigenvalue weighted by atomic mass is 10.0. The van der Waals surface area contributed by atoms with E-state index >= 15 is 0 Å². The fourth-order valence-electron chi connectivity index (χ4n) is 1.79. The molecule has 0 spiro atoms. The lowest BCUT2D eigenvalue weighted by molar-refractivity contribution is 0.434. The summed E-state index contributed by atoms with van der Waals surface area (Å²) in [5, 5.41) is 1.10. The van der Waals surface area contributed by atoms with E-state index in [-0.39, 0.29) is 0 Å². The number of halogens is 1. The fourth-order valence-corrected chi connectivity index (χ4v) is 2.77. The molecule has 1 nitrogen and oxygen atoms in total. The number of hydrogen-bond donors (Lipinski definition) is 0. The Morgan fingerprint density at radius 3 is 2.92 bits per heavy atom. The van der Waals surface area contributed by atoms with Gasteiger partial charge in [0.25, 0.3) is 0 Å². The van der Waals surface area contributed by atoms with Gasteiger partial charge >= 0.3 is 0 Å². The molecule has 0 aliphatic heterocycles. The van der Waals surface area contributed by atoms with Crippen LogP contribution in [0.4, 0.5) is 0 Å². The van der Waals surface area contributed by atoms with E-state index in [1.807, 2.05) is 6.07 Å². The van der Waals surface area contributed by atoms with Gasteiger partial charge in [-0.1, -0.05) is 22.9 Å². The zero-order valence-corrected chi connectivity index (χ0v) is 8.80. The van der Waals surface area contributed by atoms with Gasteiger partial charge in [0.05, 0.1) is 6.26 Å². The van der Waals surface area contributed by atoms with Crippen molar-refractivity contribution in [3.8, 4) is 0 Å². The van der Waals surface area contributed by atoms with Gasteiger partial charge in [-0.05, 0) is 29.9 Å². The van der Waals surface area contributed by atoms with Crippen molar-refractivity contribution in [2.45, 2.75) is 19.8 Å². The molecule has 66 valence electrons. The summed E-state index contributed by atoms with van der Waals surface area (Å²) in [4.78, 5) is 0. The molecule has 2 heteroatoms. The molecule has 0 aromatic carbocycles. The highest BCUT2D eigenvalue weighted by Gasteiger charge is 2.50. The summed E-state index contributed by atoms with van der Waals surface area (Å²) in [5.41, 5.74) is 0.498. The second-order valence-electron chi connectivity index (χ2n) is 3.86. The normalized spacial score (nSPS) is 33.7. The van der Waals surface area contributed by atoms with Crippen LogP contribution in [0.1, 0.15) is 19.1 Å². The molecular formula is C10H13BrO. The maximum Gasteiger partial charge on any atom is 0.104 e. The molecular weight excluding hydrogens is 216 g/mol. The molecule has 2 atom stereocenters. The minimum Gasteiger partial charge on any atom is -0.469 e. The number of rotatable bonds is 3. The Morgan fingerprint density at radius 1 is 1.75 bits per heavy atom. The topological polar surface area (TPSA) is 13.1 Å². The molecule has 2 rings (SSSR count). The second-order valence-corrected chi connectivity index (χ2v) is 4.42. The largest absolute Gasteiger partial charge is 0.469 e. The highest BCUT2D eigenvalue weighted by Crippen LogP contribution is 2.55. The Bertz CT molecular complexity index is 251. The minimum absolute atomic E-state index is 0.498. The van der Waals surface area contributed by atoms with Gasteiger partial charge in [0.2, 0.25) is 0 Å². The second kappa shape index (κ2) is 2.91. The molecule has 1 aliphatic rings. The summed E-state index contributed by atoms with van der Waals surface area (Å²) in [5.74, 6) is 1.97. The average Bonchev–Trinajstić information content (AvgIpc) is 2.51. The van der Waals surface area contributed by atoms with Crippen LogP contribution >= 0.6 is 15.9 Å². The first-order valence-corrected chi connectivity index (χ1v) is 5.47. The SMILES string of the molecule is CC1CC1(CBr)Cc1ccco1. The van der Waals surface area contributed by atoms with Gasteiger partial charge in [-0.2, -0.15) is 0 Å². The maximum atomic E-state index is 5.34. The molecule has 0 saturated heterocycles. The first kappa shape index (κ1) is 8.36. The molecule has 2 unspecified atom stereocenters. The van der Waals surface area contributed by atoms with Crippen molar-refractivity contribution in [2.24, 2.45) is 11.3 Å². The molecule has 1 aliphatic carbocycles. The summed E-state index contributed by atoms with van der Waals surface area (Å²) in [6.45, 7) is 2.31. The van der Waals surface area contributed by atoms with Crippen LogP contribution in [-0.4, -0.2) is 5.33 Å². The third-order valence-corrected chi connectivity index (χ3v) is 4.09. The van der Waals surface area contributed by atoms with E-state index in [1.165, 1.54) is 6.42 Å². The molecule has 1 aromatic rings. The molecule has 0 radical (unpaired) electrons. The maximum absolute atomic E-state index is 5.34. The van der Waals surface area contributed by atoms with E-state index in [4.69, 9.17) is 4.42 Å². The number of furan rings is 1. The summed E-state index contributed by atoms with van der Waals surface area (Å²) >= 11 is 3.58. The van der Waals surface area contributed by atoms with Gasteiger partial charge in [0.1, 0.15) is 5.76 Å². The van der Waals surface area contributed by atoms with Crippen LogP contribution in [0.15, 0.2) is 22.8 Å². The van der Waals surface area contributed by atoms with E-state index in [0.29, 0.717) is 5.41 Å². The summed E-state index contributed by atoms with van der Waals surface area (Å²) < 4.78 is 5.34. The van der Waals surface area contributed by atoms with Gasteiger partial charge in [0, 0.05) is 11.8 Å². The van der Waals surface area contributed by atoms with Crippen LogP contribution in [0.25, 0.3) is 0 Å². The van der Waals surface area contributed by atoms with Crippen molar-refractivity contribution >= 4 is 15.9 Å². The predicted octanol–water partition coefficient (Wildman–Crippen LogP) is 3.24. The zero-order chi connectivity index (χ0) is 8.60. The highest BCUT2D eigenvalue weighted by atomic mass is 79.9. The van der Waals surface area contributed by atoms with E-state index in [2.05, 4.69) is 28.9 Å². The van der Waals surface area contributed by atoms with E-state index < -0.39 is 0 Å². The Labute approximate surface area is 81.3 Å². The van der Waals surface area contributed by atoms with Gasteiger partial charge in [-0.3, -0.25) is 0 Å². The van der Waals surface area contributed by atoms with Crippen LogP contribution in [0.2, 0.25) is 0 Å². The highest BCUT2D eigenvalue weighted by molar-refractivity contribution is 9.09. The third kappa shape index (κ3) is 1.33. The van der Waals surface area contributed by atoms with E-state index in [9.17, 15) is 0 Å². The quantitative estimate of drug-likeness (QED) is 0.725. The lowest BCUT2D eigenvalue weighted by Gasteiger charge is -2.09. The van der Waals surface area contributed by atoms with E-state index in [1.54, 1.807) is 6.26 Å². The number of alkyl halides is 1. The predicted molar refractivity (Wildman–Crippen MR) is 52.4 cm³/mol. The Balaban J connectivity index is 2.04. The standard InChI is InChI=1S/C10H13BrO/c1-8-5-10(8,7-11)6-9-3-2-4-12-9/h2-4,8H,5-7H2,1H3. The van der Waals surface area contributed by atoms with Crippen LogP contribution in [0, 0.1) is 11.3 Å². The zero-order valence-electron chi connectivity index (χ0n) is 7.22. The van der Waals surface area contributed by atoms with E-state index in [0.717, 1.165) is 23.4 Å². The van der Waals surface area contributed by atoms with Crippen molar-refractivity contribution in [1.29, 1.82) is 0 Å². The fraction of sp³-hybridized carbons (Fsp3) is 0.600. The van der Waals surface area contributed by atoms with Crippen molar-refractivity contribution in [3.63, 3.8) is 0 Å². The van der Waals surface area contributed by atoms with Gasteiger partial charge in [-0.25, -0.2) is 0 Å². The van der Waals surface area contributed by atoms with Crippen LogP contribution in [-0.2, 0) is 6.42 Å². The Morgan fingerprint density at radius 2 is 2.50 bits per heavy atom. The minimum atomic E-state index is 0.498. The van der Waals surface area contributed by atoms with Crippen LogP contribution in [0.3, 0.4) is 0 Å². The molecule has 1 aromatic heterocycles. The van der Waals surface area contributed by atoms with Crippen molar-refractivity contribution in [2.75, 3.05) is 5.33 Å². The monoisotopic (exact) mass is 228 g/mol. The molecule has 1 heterocycles. The van der Waals surface area contributed by atoms with Crippen molar-refractivity contribution in [3.05, 3.63) is 24.2 Å². The molecule has 0 amide bonds. The molecule has 0 N–H and O–H groups in total. The first-order chi connectivity index (χ1) is 5.77. The van der Waals surface area contributed by atoms with Crippen molar-refractivity contribution < 1.29 is 4.42 Å². The molecule has 1 fully saturated rings. The number of hydrogen-bond acceptors (Lipinski definition) is 1. The summed E-state index contributed by atoms with van der Waals surface area (Å²) in [7, 11) is 0. The summed E-state index contributed by atoms with van der Waals surface area (Å²) in [6, 6.07) is 4.03. The van der Waals surface area contributed by atoms with Gasteiger partial charge in [-0.15, -0.1) is 0 Å². The Kier molecular flexibility index (Phi) is 2.03. The first-order valence-electron chi connectivity index (χ1n) is 4.35. The summed E-state index contributed by atoms with van der Waals surface area (Å²) in [6.07, 6.45) is 4.18. The van der Waals surface area contributed by atoms with Gasteiger partial charge < -0.3 is 4.42 Å². The van der Waals surface area contributed by atoms with Crippen molar-refractivity contribution in [1.82, 2.24) is 0 Å². The molecule has 0 bridgehead atoms. The molecule has 12 heavy (non-hydrogen) atoms. The lowest BCUT2D eigenvalue weighted by Crippen LogP contribution is -2.08.